The summed E-state index contributed by atoms with van der Waals surface area (Å²) in [6, 6.07) is 9.21. The Balaban J connectivity index is 1.63. The van der Waals surface area contributed by atoms with E-state index in [4.69, 9.17) is 4.74 Å². The number of nitrogens with zero attached hydrogens (tertiary/aromatic N) is 2. The van der Waals surface area contributed by atoms with E-state index in [9.17, 15) is 13.2 Å². The summed E-state index contributed by atoms with van der Waals surface area (Å²) in [7, 11) is -1.46. The lowest BCUT2D eigenvalue weighted by molar-refractivity contribution is 0.0927. The first-order valence-electron chi connectivity index (χ1n) is 10.7. The van der Waals surface area contributed by atoms with Gasteiger partial charge in [0.2, 0.25) is 0 Å². The minimum Gasteiger partial charge on any atom is -0.497 e. The van der Waals surface area contributed by atoms with Gasteiger partial charge < -0.3 is 10.1 Å². The molecule has 1 aromatic carbocycles. The maximum absolute atomic E-state index is 12.9. The lowest BCUT2D eigenvalue weighted by atomic mass is 10.1. The van der Waals surface area contributed by atoms with Gasteiger partial charge in [-0.15, -0.1) is 0 Å². The van der Waals surface area contributed by atoms with Crippen LogP contribution in [0.25, 0.3) is 11.3 Å². The Bertz CT molecular complexity index is 990. The Morgan fingerprint density at radius 2 is 1.80 bits per heavy atom. The fourth-order valence-electron chi connectivity index (χ4n) is 4.41. The number of carbonyl (C=O) groups is 1. The van der Waals surface area contributed by atoms with E-state index >= 15 is 0 Å². The second-order valence-corrected chi connectivity index (χ2v) is 10.5. The monoisotopic (exact) mass is 431 g/mol. The van der Waals surface area contributed by atoms with Crippen LogP contribution in [-0.2, 0) is 9.84 Å². The molecule has 4 rings (SSSR count). The second-order valence-electron chi connectivity index (χ2n) is 8.31. The summed E-state index contributed by atoms with van der Waals surface area (Å²) < 4.78 is 31.1. The van der Waals surface area contributed by atoms with Crippen LogP contribution < -0.4 is 10.1 Å². The highest BCUT2D eigenvalue weighted by molar-refractivity contribution is 7.91. The van der Waals surface area contributed by atoms with Crippen LogP contribution >= 0.6 is 0 Å². The number of benzene rings is 1. The molecule has 1 aromatic heterocycles. The van der Waals surface area contributed by atoms with Gasteiger partial charge in [-0.3, -0.25) is 9.48 Å². The van der Waals surface area contributed by atoms with Crippen molar-refractivity contribution in [3.63, 3.8) is 0 Å². The number of hydrogen-bond donors (Lipinski definition) is 1. The lowest BCUT2D eigenvalue weighted by Crippen LogP contribution is -2.34. The number of aromatic nitrogens is 2. The molecule has 8 heteroatoms. The first-order valence-corrected chi connectivity index (χ1v) is 12.5. The molecule has 1 amide bonds. The second kappa shape index (κ2) is 8.79. The van der Waals surface area contributed by atoms with Crippen molar-refractivity contribution in [3.8, 4) is 17.0 Å². The van der Waals surface area contributed by atoms with Gasteiger partial charge in [0.05, 0.1) is 30.4 Å². The highest BCUT2D eigenvalue weighted by Gasteiger charge is 2.32. The zero-order chi connectivity index (χ0) is 21.1. The Morgan fingerprint density at radius 3 is 2.40 bits per heavy atom. The average Bonchev–Trinajstić information content (AvgIpc) is 3.24. The first-order chi connectivity index (χ1) is 14.4. The van der Waals surface area contributed by atoms with Crippen LogP contribution in [0.4, 0.5) is 0 Å². The minimum atomic E-state index is -3.07. The molecule has 0 unspecified atom stereocenters. The summed E-state index contributed by atoms with van der Waals surface area (Å²) in [5.74, 6) is 0.765. The van der Waals surface area contributed by atoms with Gasteiger partial charge >= 0.3 is 0 Å². The molecule has 1 saturated carbocycles. The van der Waals surface area contributed by atoms with Crippen molar-refractivity contribution >= 4 is 15.7 Å². The molecule has 1 saturated heterocycles. The van der Waals surface area contributed by atoms with E-state index in [1.54, 1.807) is 17.9 Å². The third kappa shape index (κ3) is 4.69. The molecule has 30 heavy (non-hydrogen) atoms. The van der Waals surface area contributed by atoms with E-state index in [-0.39, 0.29) is 29.5 Å². The molecule has 2 fully saturated rings. The fraction of sp³-hybridized carbons (Fsp3) is 0.545. The van der Waals surface area contributed by atoms with E-state index in [0.29, 0.717) is 12.1 Å². The number of nitrogens with one attached hydrogen (secondary N) is 1. The van der Waals surface area contributed by atoms with Gasteiger partial charge in [0.1, 0.15) is 5.75 Å². The van der Waals surface area contributed by atoms with E-state index in [1.807, 2.05) is 24.3 Å². The smallest absolute Gasteiger partial charge is 0.272 e. The normalized spacial score (nSPS) is 21.8. The van der Waals surface area contributed by atoms with Gasteiger partial charge in [-0.05, 0) is 49.6 Å². The van der Waals surface area contributed by atoms with Crippen LogP contribution in [0.1, 0.15) is 61.5 Å². The Hall–Kier alpha value is -2.35. The molecular formula is C22H29N3O4S. The minimum absolute atomic E-state index is 0.0571. The van der Waals surface area contributed by atoms with E-state index in [1.165, 1.54) is 12.8 Å². The zero-order valence-electron chi connectivity index (χ0n) is 17.3. The number of sulfone groups is 1. The number of amides is 1. The molecule has 2 aliphatic rings. The number of methoxy groups -OCH3 is 1. The number of ether oxygens (including phenoxy) is 1. The largest absolute Gasteiger partial charge is 0.497 e. The van der Waals surface area contributed by atoms with Crippen LogP contribution in [0.3, 0.4) is 0 Å². The van der Waals surface area contributed by atoms with Crippen LogP contribution in [0, 0.1) is 0 Å². The van der Waals surface area contributed by atoms with Crippen molar-refractivity contribution in [2.45, 2.75) is 57.0 Å². The molecule has 0 radical (unpaired) electrons. The predicted molar refractivity (Wildman–Crippen MR) is 115 cm³/mol. The van der Waals surface area contributed by atoms with Crippen molar-refractivity contribution in [2.75, 3.05) is 18.6 Å². The van der Waals surface area contributed by atoms with Crippen molar-refractivity contribution in [2.24, 2.45) is 0 Å². The number of rotatable bonds is 5. The van der Waals surface area contributed by atoms with Gasteiger partial charge in [0.25, 0.3) is 5.91 Å². The molecule has 0 bridgehead atoms. The van der Waals surface area contributed by atoms with Crippen LogP contribution in [0.5, 0.6) is 5.75 Å². The standard InChI is InChI=1S/C22H29N3O4S/c1-29-19-10-8-16(9-11-19)21-14-20(22(26)23-17-6-4-2-3-5-7-17)24-25(21)18-12-13-30(27,28)15-18/h8-11,14,17-18H,2-7,12-13,15H2,1H3,(H,23,26)/t18-/m0/s1. The summed E-state index contributed by atoms with van der Waals surface area (Å²) in [6.45, 7) is 0. The fourth-order valence-corrected chi connectivity index (χ4v) is 6.10. The van der Waals surface area contributed by atoms with Crippen molar-refractivity contribution in [1.29, 1.82) is 0 Å². The van der Waals surface area contributed by atoms with Gasteiger partial charge in [0, 0.05) is 11.6 Å². The Labute approximate surface area is 177 Å². The molecule has 162 valence electrons. The van der Waals surface area contributed by atoms with E-state index in [2.05, 4.69) is 10.4 Å². The van der Waals surface area contributed by atoms with E-state index in [0.717, 1.165) is 42.7 Å². The Morgan fingerprint density at radius 1 is 1.10 bits per heavy atom. The predicted octanol–water partition coefficient (Wildman–Crippen LogP) is 3.37. The molecule has 7 nitrogen and oxygen atoms in total. The average molecular weight is 432 g/mol. The topological polar surface area (TPSA) is 90.3 Å². The molecule has 1 N–H and O–H groups in total. The molecule has 1 aliphatic heterocycles. The highest BCUT2D eigenvalue weighted by atomic mass is 32.2. The SMILES string of the molecule is COc1ccc(-c2cc(C(=O)NC3CCCCCC3)nn2[C@H]2CCS(=O)(=O)C2)cc1. The van der Waals surface area contributed by atoms with Gasteiger partial charge in [0.15, 0.2) is 15.5 Å². The van der Waals surface area contributed by atoms with Gasteiger partial charge in [-0.25, -0.2) is 8.42 Å². The van der Waals surface area contributed by atoms with Crippen LogP contribution in [0.15, 0.2) is 30.3 Å². The quantitative estimate of drug-likeness (QED) is 0.733. The Kier molecular flexibility index (Phi) is 6.13. The maximum Gasteiger partial charge on any atom is 0.272 e. The van der Waals surface area contributed by atoms with Gasteiger partial charge in [-0.1, -0.05) is 25.7 Å². The summed E-state index contributed by atoms with van der Waals surface area (Å²) in [5, 5.41) is 7.71. The maximum atomic E-state index is 12.9. The lowest BCUT2D eigenvalue weighted by Gasteiger charge is -2.15. The van der Waals surface area contributed by atoms with Gasteiger partial charge in [-0.2, -0.15) is 5.10 Å². The third-order valence-corrected chi connectivity index (χ3v) is 7.85. The molecular weight excluding hydrogens is 402 g/mol. The molecule has 1 atom stereocenters. The highest BCUT2D eigenvalue weighted by Crippen LogP contribution is 2.31. The molecule has 2 aromatic rings. The molecule has 0 spiro atoms. The van der Waals surface area contributed by atoms with Crippen LogP contribution in [0.2, 0.25) is 0 Å². The first kappa shape index (κ1) is 20.9. The van der Waals surface area contributed by atoms with Crippen molar-refractivity contribution in [1.82, 2.24) is 15.1 Å². The number of hydrogen-bond acceptors (Lipinski definition) is 5. The van der Waals surface area contributed by atoms with Crippen molar-refractivity contribution < 1.29 is 17.9 Å². The third-order valence-electron chi connectivity index (χ3n) is 6.10. The molecule has 1 aliphatic carbocycles. The summed E-state index contributed by atoms with van der Waals surface area (Å²) in [5.41, 5.74) is 1.97. The summed E-state index contributed by atoms with van der Waals surface area (Å²) >= 11 is 0. The van der Waals surface area contributed by atoms with E-state index < -0.39 is 9.84 Å². The summed E-state index contributed by atoms with van der Waals surface area (Å²) in [4.78, 5) is 12.9. The molecule has 2 heterocycles. The summed E-state index contributed by atoms with van der Waals surface area (Å²) in [6.07, 6.45) is 7.22. The number of carbonyl (C=O) groups excluding carboxylic acids is 1. The van der Waals surface area contributed by atoms with Crippen molar-refractivity contribution in [3.05, 3.63) is 36.0 Å². The van der Waals surface area contributed by atoms with Crippen LogP contribution in [-0.4, -0.2) is 48.8 Å². The zero-order valence-corrected chi connectivity index (χ0v) is 18.2.